The first-order chi connectivity index (χ1) is 14.4. The average molecular weight is 423 g/mol. The van der Waals surface area contributed by atoms with Crippen LogP contribution in [-0.4, -0.2) is 17.9 Å². The highest BCUT2D eigenvalue weighted by Crippen LogP contribution is 2.21. The van der Waals surface area contributed by atoms with Gasteiger partial charge in [0.1, 0.15) is 5.75 Å². The lowest BCUT2D eigenvalue weighted by molar-refractivity contribution is -0.122. The van der Waals surface area contributed by atoms with E-state index in [0.717, 1.165) is 5.56 Å². The molecule has 0 aliphatic rings. The van der Waals surface area contributed by atoms with Gasteiger partial charge in [-0.1, -0.05) is 60.1 Å². The molecule has 0 aromatic heterocycles. The molecule has 0 radical (unpaired) electrons. The Balaban J connectivity index is 1.68. The number of hydrogen-bond acceptors (Lipinski definition) is 3. The Bertz CT molecular complexity index is 1020. The van der Waals surface area contributed by atoms with Gasteiger partial charge in [0, 0.05) is 5.02 Å². The molecule has 0 fully saturated rings. The van der Waals surface area contributed by atoms with Crippen molar-refractivity contribution in [3.63, 3.8) is 0 Å². The molecule has 30 heavy (non-hydrogen) atoms. The predicted octanol–water partition coefficient (Wildman–Crippen LogP) is 5.24. The van der Waals surface area contributed by atoms with E-state index in [-0.39, 0.29) is 17.9 Å². The van der Waals surface area contributed by atoms with Crippen molar-refractivity contribution in [3.05, 3.63) is 95.0 Å². The van der Waals surface area contributed by atoms with Crippen LogP contribution in [0.1, 0.15) is 35.8 Å². The minimum atomic E-state index is -0.775. The van der Waals surface area contributed by atoms with Crippen LogP contribution in [-0.2, 0) is 4.79 Å². The first-order valence-corrected chi connectivity index (χ1v) is 10.00. The van der Waals surface area contributed by atoms with Crippen molar-refractivity contribution in [2.45, 2.75) is 26.0 Å². The Kier molecular flexibility index (Phi) is 7.09. The molecule has 6 heteroatoms. The summed E-state index contributed by atoms with van der Waals surface area (Å²) in [6, 6.07) is 23.2. The molecule has 154 valence electrons. The fraction of sp³-hybridized carbons (Fsp3) is 0.167. The van der Waals surface area contributed by atoms with Crippen molar-refractivity contribution in [1.29, 1.82) is 0 Å². The number of rotatable bonds is 7. The summed E-state index contributed by atoms with van der Waals surface area (Å²) in [6.45, 7) is 3.55. The van der Waals surface area contributed by atoms with E-state index >= 15 is 0 Å². The maximum atomic E-state index is 12.8. The number of benzene rings is 3. The Morgan fingerprint density at radius 2 is 1.60 bits per heavy atom. The van der Waals surface area contributed by atoms with Crippen LogP contribution in [0.2, 0.25) is 5.02 Å². The van der Waals surface area contributed by atoms with Crippen molar-refractivity contribution >= 4 is 29.1 Å². The quantitative estimate of drug-likeness (QED) is 0.547. The summed E-state index contributed by atoms with van der Waals surface area (Å²) in [7, 11) is 0. The molecule has 0 unspecified atom stereocenters. The van der Waals surface area contributed by atoms with E-state index in [9.17, 15) is 9.59 Å². The van der Waals surface area contributed by atoms with Crippen LogP contribution in [0.3, 0.4) is 0 Å². The van der Waals surface area contributed by atoms with E-state index in [1.807, 2.05) is 37.3 Å². The summed E-state index contributed by atoms with van der Waals surface area (Å²) in [6.07, 6.45) is -0.775. The normalized spacial score (nSPS) is 12.5. The minimum Gasteiger partial charge on any atom is -0.481 e. The lowest BCUT2D eigenvalue weighted by Gasteiger charge is -2.18. The van der Waals surface area contributed by atoms with Gasteiger partial charge < -0.3 is 15.4 Å². The number of carbonyl (C=O) groups is 2. The van der Waals surface area contributed by atoms with Gasteiger partial charge in [-0.3, -0.25) is 9.59 Å². The minimum absolute atomic E-state index is 0.174. The molecule has 0 saturated carbocycles. The highest BCUT2D eigenvalue weighted by atomic mass is 35.5. The van der Waals surface area contributed by atoms with Gasteiger partial charge in [0.2, 0.25) is 0 Å². The molecule has 5 nitrogen and oxygen atoms in total. The fourth-order valence-corrected chi connectivity index (χ4v) is 3.10. The zero-order valence-electron chi connectivity index (χ0n) is 16.8. The van der Waals surface area contributed by atoms with Gasteiger partial charge in [0.05, 0.1) is 17.3 Å². The monoisotopic (exact) mass is 422 g/mol. The lowest BCUT2D eigenvalue weighted by Crippen LogP contribution is -2.32. The van der Waals surface area contributed by atoms with E-state index in [4.69, 9.17) is 16.3 Å². The predicted molar refractivity (Wildman–Crippen MR) is 119 cm³/mol. The molecule has 2 amide bonds. The van der Waals surface area contributed by atoms with Gasteiger partial charge in [-0.2, -0.15) is 0 Å². The van der Waals surface area contributed by atoms with Crippen molar-refractivity contribution in [1.82, 2.24) is 5.32 Å². The topological polar surface area (TPSA) is 67.4 Å². The molecule has 0 aliphatic heterocycles. The Morgan fingerprint density at radius 1 is 0.900 bits per heavy atom. The van der Waals surface area contributed by atoms with Crippen LogP contribution in [0.25, 0.3) is 0 Å². The van der Waals surface area contributed by atoms with E-state index in [1.54, 1.807) is 55.5 Å². The molecule has 0 heterocycles. The third kappa shape index (κ3) is 5.61. The molecule has 3 aromatic rings. The largest absolute Gasteiger partial charge is 0.481 e. The van der Waals surface area contributed by atoms with Crippen molar-refractivity contribution in [3.8, 4) is 5.75 Å². The van der Waals surface area contributed by atoms with Crippen LogP contribution in [0, 0.1) is 0 Å². The van der Waals surface area contributed by atoms with Crippen LogP contribution in [0.15, 0.2) is 78.9 Å². The van der Waals surface area contributed by atoms with Crippen molar-refractivity contribution < 1.29 is 14.3 Å². The van der Waals surface area contributed by atoms with E-state index in [1.165, 1.54) is 0 Å². The number of halogens is 1. The summed E-state index contributed by atoms with van der Waals surface area (Å²) in [5, 5.41) is 6.27. The molecule has 0 bridgehead atoms. The Labute approximate surface area is 181 Å². The molecule has 3 aromatic carbocycles. The molecular weight excluding hydrogens is 400 g/mol. The summed E-state index contributed by atoms with van der Waals surface area (Å²) in [5.41, 5.74) is 1.79. The maximum Gasteiger partial charge on any atom is 0.265 e. The van der Waals surface area contributed by atoms with Gasteiger partial charge >= 0.3 is 0 Å². The van der Waals surface area contributed by atoms with Crippen LogP contribution in [0.5, 0.6) is 5.75 Å². The van der Waals surface area contributed by atoms with Crippen molar-refractivity contribution in [2.24, 2.45) is 0 Å². The number of ether oxygens (including phenoxy) is 1. The smallest absolute Gasteiger partial charge is 0.265 e. The highest BCUT2D eigenvalue weighted by molar-refractivity contribution is 6.30. The SMILES string of the molecule is C[C@H](Oc1cccc(Cl)c1)C(=O)Nc1ccccc1C(=O)N[C@H](C)c1ccccc1. The van der Waals surface area contributed by atoms with E-state index < -0.39 is 6.10 Å². The van der Waals surface area contributed by atoms with Gasteiger partial charge in [0.25, 0.3) is 11.8 Å². The summed E-state index contributed by atoms with van der Waals surface area (Å²) in [4.78, 5) is 25.4. The number of nitrogens with one attached hydrogen (secondary N) is 2. The molecule has 2 atom stereocenters. The van der Waals surface area contributed by atoms with Gasteiger partial charge in [-0.15, -0.1) is 0 Å². The molecule has 0 spiro atoms. The summed E-state index contributed by atoms with van der Waals surface area (Å²) >= 11 is 5.95. The second-order valence-electron chi connectivity index (χ2n) is 6.86. The molecule has 0 aliphatic carbocycles. The summed E-state index contributed by atoms with van der Waals surface area (Å²) < 4.78 is 5.65. The van der Waals surface area contributed by atoms with Crippen molar-refractivity contribution in [2.75, 3.05) is 5.32 Å². The first-order valence-electron chi connectivity index (χ1n) is 9.62. The van der Waals surface area contributed by atoms with Gasteiger partial charge in [-0.05, 0) is 49.7 Å². The lowest BCUT2D eigenvalue weighted by atomic mass is 10.1. The van der Waals surface area contributed by atoms with E-state index in [0.29, 0.717) is 22.0 Å². The Morgan fingerprint density at radius 3 is 2.33 bits per heavy atom. The molecular formula is C24H23ClN2O3. The third-order valence-electron chi connectivity index (χ3n) is 4.55. The van der Waals surface area contributed by atoms with Crippen LogP contribution < -0.4 is 15.4 Å². The average Bonchev–Trinajstić information content (AvgIpc) is 2.74. The molecule has 0 saturated heterocycles. The Hall–Kier alpha value is -3.31. The standard InChI is InChI=1S/C24H23ClN2O3/c1-16(18-9-4-3-5-10-18)26-24(29)21-13-6-7-14-22(21)27-23(28)17(2)30-20-12-8-11-19(25)15-20/h3-17H,1-2H3,(H,26,29)(H,27,28)/t16-,17+/m1/s1. The zero-order chi connectivity index (χ0) is 21.5. The summed E-state index contributed by atoms with van der Waals surface area (Å²) in [5.74, 6) is -0.148. The molecule has 2 N–H and O–H groups in total. The molecule has 3 rings (SSSR count). The number of carbonyl (C=O) groups excluding carboxylic acids is 2. The van der Waals surface area contributed by atoms with Crippen LogP contribution in [0.4, 0.5) is 5.69 Å². The first kappa shape index (κ1) is 21.4. The third-order valence-corrected chi connectivity index (χ3v) is 4.79. The maximum absolute atomic E-state index is 12.8. The van der Waals surface area contributed by atoms with E-state index in [2.05, 4.69) is 10.6 Å². The zero-order valence-corrected chi connectivity index (χ0v) is 17.5. The van der Waals surface area contributed by atoms with Gasteiger partial charge in [-0.25, -0.2) is 0 Å². The number of hydrogen-bond donors (Lipinski definition) is 2. The number of amides is 2. The second kappa shape index (κ2) is 9.94. The number of anilines is 1. The van der Waals surface area contributed by atoms with Crippen LogP contribution >= 0.6 is 11.6 Å². The highest BCUT2D eigenvalue weighted by Gasteiger charge is 2.19. The fourth-order valence-electron chi connectivity index (χ4n) is 2.92. The van der Waals surface area contributed by atoms with Gasteiger partial charge in [0.15, 0.2) is 6.10 Å². The second-order valence-corrected chi connectivity index (χ2v) is 7.29. The number of para-hydroxylation sites is 1.